The Labute approximate surface area is 266 Å². The van der Waals surface area contributed by atoms with Crippen LogP contribution in [0.5, 0.6) is 0 Å². The zero-order chi connectivity index (χ0) is 30.6. The van der Waals surface area contributed by atoms with Crippen LogP contribution in [0.25, 0.3) is 0 Å². The Morgan fingerprint density at radius 1 is 0.357 bits per heavy atom. The highest BCUT2D eigenvalue weighted by atomic mass is 16.5. The molecule has 0 aliphatic carbocycles. The Balaban J connectivity index is 3.59. The Hall–Kier alpha value is -0.530. The minimum absolute atomic E-state index is 0.0964. The van der Waals surface area contributed by atoms with Gasteiger partial charge in [-0.1, -0.05) is 220 Å². The fraction of sp³-hybridized carbons (Fsp3) is 0.975. The minimum atomic E-state index is 0.0964. The summed E-state index contributed by atoms with van der Waals surface area (Å²) in [4.78, 5) is 12.8. The topological polar surface area (TPSA) is 26.3 Å². The lowest BCUT2D eigenvalue weighted by molar-refractivity contribution is -0.149. The molecule has 0 saturated heterocycles. The van der Waals surface area contributed by atoms with E-state index in [2.05, 4.69) is 20.8 Å². The number of rotatable bonds is 36. The largest absolute Gasteiger partial charge is 0.465 e. The van der Waals surface area contributed by atoms with E-state index in [0.717, 1.165) is 25.7 Å². The highest BCUT2D eigenvalue weighted by Gasteiger charge is 2.19. The van der Waals surface area contributed by atoms with Crippen LogP contribution >= 0.6 is 0 Å². The maximum Gasteiger partial charge on any atom is 0.308 e. The van der Waals surface area contributed by atoms with Gasteiger partial charge in [0.1, 0.15) is 0 Å². The van der Waals surface area contributed by atoms with Crippen LogP contribution in [-0.4, -0.2) is 12.6 Å². The average Bonchev–Trinajstić information content (AvgIpc) is 3.00. The van der Waals surface area contributed by atoms with Crippen molar-refractivity contribution in [2.75, 3.05) is 6.61 Å². The van der Waals surface area contributed by atoms with Gasteiger partial charge in [-0.2, -0.15) is 0 Å². The van der Waals surface area contributed by atoms with E-state index in [1.807, 2.05) is 0 Å². The smallest absolute Gasteiger partial charge is 0.308 e. The van der Waals surface area contributed by atoms with Gasteiger partial charge in [0, 0.05) is 0 Å². The van der Waals surface area contributed by atoms with Gasteiger partial charge < -0.3 is 4.74 Å². The van der Waals surface area contributed by atoms with E-state index >= 15 is 0 Å². The van der Waals surface area contributed by atoms with Gasteiger partial charge in [0.05, 0.1) is 12.5 Å². The molecule has 42 heavy (non-hydrogen) atoms. The van der Waals surface area contributed by atoms with Crippen LogP contribution in [0.1, 0.15) is 239 Å². The second kappa shape index (κ2) is 36.7. The van der Waals surface area contributed by atoms with E-state index in [-0.39, 0.29) is 11.9 Å². The maximum atomic E-state index is 12.8. The molecular weight excluding hydrogens is 512 g/mol. The van der Waals surface area contributed by atoms with Crippen molar-refractivity contribution in [3.63, 3.8) is 0 Å². The lowest BCUT2D eigenvalue weighted by Crippen LogP contribution is -2.18. The van der Waals surface area contributed by atoms with E-state index in [4.69, 9.17) is 4.74 Å². The number of hydrogen-bond acceptors (Lipinski definition) is 2. The van der Waals surface area contributed by atoms with Crippen LogP contribution in [0.2, 0.25) is 0 Å². The van der Waals surface area contributed by atoms with Crippen molar-refractivity contribution in [3.8, 4) is 0 Å². The molecule has 252 valence electrons. The normalized spacial score (nSPS) is 12.2. The van der Waals surface area contributed by atoms with Gasteiger partial charge in [-0.25, -0.2) is 0 Å². The number of carbonyl (C=O) groups is 1. The molecule has 0 aliphatic rings. The van der Waals surface area contributed by atoms with Crippen LogP contribution in [0.4, 0.5) is 0 Å². The highest BCUT2D eigenvalue weighted by molar-refractivity contribution is 5.72. The second-order valence-corrected chi connectivity index (χ2v) is 13.7. The molecule has 0 spiro atoms. The molecule has 0 aromatic rings. The van der Waals surface area contributed by atoms with Crippen molar-refractivity contribution in [2.45, 2.75) is 239 Å². The standard InChI is InChI=1S/C40H80O2/c1-4-7-10-12-14-16-18-20-22-23-24-26-28-30-32-34-37-39(36-9-6-3)40(41)42-38-35-33-31-29-27-25-21-19-17-15-13-11-8-5-2/h39H,4-38H2,1-3H3. The predicted octanol–water partition coefficient (Wildman–Crippen LogP) is 14.5. The van der Waals surface area contributed by atoms with Gasteiger partial charge in [0.25, 0.3) is 0 Å². The van der Waals surface area contributed by atoms with Gasteiger partial charge >= 0.3 is 5.97 Å². The third kappa shape index (κ3) is 32.4. The molecule has 0 rings (SSSR count). The molecule has 1 unspecified atom stereocenters. The zero-order valence-electron chi connectivity index (χ0n) is 29.6. The molecule has 0 fully saturated rings. The minimum Gasteiger partial charge on any atom is -0.465 e. The van der Waals surface area contributed by atoms with Crippen molar-refractivity contribution in [3.05, 3.63) is 0 Å². The van der Waals surface area contributed by atoms with Gasteiger partial charge in [0.15, 0.2) is 0 Å². The molecule has 0 N–H and O–H groups in total. The SMILES string of the molecule is CCCCCCCCCCCCCCCCCCC(CCCC)C(=O)OCCCCCCCCCCCCCCCC. The molecular formula is C40H80O2. The summed E-state index contributed by atoms with van der Waals surface area (Å²) in [7, 11) is 0. The third-order valence-corrected chi connectivity index (χ3v) is 9.39. The first kappa shape index (κ1) is 41.5. The molecule has 0 heterocycles. The predicted molar refractivity (Wildman–Crippen MR) is 188 cm³/mol. The van der Waals surface area contributed by atoms with E-state index < -0.39 is 0 Å². The zero-order valence-corrected chi connectivity index (χ0v) is 29.6. The second-order valence-electron chi connectivity index (χ2n) is 13.7. The molecule has 1 atom stereocenters. The first-order valence-corrected chi connectivity index (χ1v) is 19.9. The lowest BCUT2D eigenvalue weighted by Gasteiger charge is -2.16. The molecule has 0 bridgehead atoms. The summed E-state index contributed by atoms with van der Waals surface area (Å²) in [5, 5.41) is 0. The molecule has 0 aromatic heterocycles. The van der Waals surface area contributed by atoms with E-state index in [0.29, 0.717) is 6.61 Å². The summed E-state index contributed by atoms with van der Waals surface area (Å²) >= 11 is 0. The van der Waals surface area contributed by atoms with E-state index in [1.165, 1.54) is 193 Å². The summed E-state index contributed by atoms with van der Waals surface area (Å²) in [6, 6.07) is 0. The van der Waals surface area contributed by atoms with Gasteiger partial charge in [0.2, 0.25) is 0 Å². The van der Waals surface area contributed by atoms with Crippen LogP contribution in [-0.2, 0) is 9.53 Å². The molecule has 0 aromatic carbocycles. The van der Waals surface area contributed by atoms with Crippen molar-refractivity contribution >= 4 is 5.97 Å². The first-order chi connectivity index (χ1) is 20.8. The Morgan fingerprint density at radius 3 is 0.952 bits per heavy atom. The van der Waals surface area contributed by atoms with E-state index in [9.17, 15) is 4.79 Å². The van der Waals surface area contributed by atoms with E-state index in [1.54, 1.807) is 0 Å². The molecule has 0 saturated carbocycles. The number of hydrogen-bond donors (Lipinski definition) is 0. The van der Waals surface area contributed by atoms with Crippen molar-refractivity contribution in [1.82, 2.24) is 0 Å². The van der Waals surface area contributed by atoms with Crippen molar-refractivity contribution in [1.29, 1.82) is 0 Å². The number of esters is 1. The average molecular weight is 593 g/mol. The summed E-state index contributed by atoms with van der Waals surface area (Å²) in [5.41, 5.74) is 0. The molecule has 2 nitrogen and oxygen atoms in total. The van der Waals surface area contributed by atoms with Gasteiger partial charge in [-0.05, 0) is 19.3 Å². The fourth-order valence-corrected chi connectivity index (χ4v) is 6.36. The number of carbonyl (C=O) groups excluding carboxylic acids is 1. The summed E-state index contributed by atoms with van der Waals surface area (Å²) in [5.74, 6) is 0.238. The number of ether oxygens (including phenoxy) is 1. The lowest BCUT2D eigenvalue weighted by atomic mass is 9.95. The fourth-order valence-electron chi connectivity index (χ4n) is 6.36. The molecule has 0 amide bonds. The molecule has 0 aliphatic heterocycles. The Morgan fingerprint density at radius 2 is 0.619 bits per heavy atom. The quantitative estimate of drug-likeness (QED) is 0.0534. The summed E-state index contributed by atoms with van der Waals surface area (Å²) in [6.07, 6.45) is 45.8. The van der Waals surface area contributed by atoms with Crippen molar-refractivity contribution < 1.29 is 9.53 Å². The highest BCUT2D eigenvalue weighted by Crippen LogP contribution is 2.21. The summed E-state index contributed by atoms with van der Waals surface area (Å²) < 4.78 is 5.75. The first-order valence-electron chi connectivity index (χ1n) is 19.9. The van der Waals surface area contributed by atoms with Crippen LogP contribution in [0.3, 0.4) is 0 Å². The molecule has 0 radical (unpaired) electrons. The van der Waals surface area contributed by atoms with Crippen molar-refractivity contribution in [2.24, 2.45) is 5.92 Å². The monoisotopic (exact) mass is 593 g/mol. The number of unbranched alkanes of at least 4 members (excludes halogenated alkanes) is 29. The third-order valence-electron chi connectivity index (χ3n) is 9.39. The maximum absolute atomic E-state index is 12.8. The van der Waals surface area contributed by atoms with Gasteiger partial charge in [-0.15, -0.1) is 0 Å². The van der Waals surface area contributed by atoms with Crippen LogP contribution in [0.15, 0.2) is 0 Å². The van der Waals surface area contributed by atoms with Gasteiger partial charge in [-0.3, -0.25) is 4.79 Å². The van der Waals surface area contributed by atoms with Crippen LogP contribution in [0, 0.1) is 5.92 Å². The Kier molecular flexibility index (Phi) is 36.2. The Bertz CT molecular complexity index is 502. The summed E-state index contributed by atoms with van der Waals surface area (Å²) in [6.45, 7) is 7.45. The molecule has 2 heteroatoms. The van der Waals surface area contributed by atoms with Crippen LogP contribution < -0.4 is 0 Å².